The molecule has 0 atom stereocenters. The van der Waals surface area contributed by atoms with Crippen molar-refractivity contribution < 1.29 is 14.3 Å². The molecular weight excluding hydrogens is 336 g/mol. The molecule has 1 N–H and O–H groups in total. The second-order valence-corrected chi connectivity index (χ2v) is 7.40. The largest absolute Gasteiger partial charge is 0.454 e. The Bertz CT molecular complexity index is 866. The summed E-state index contributed by atoms with van der Waals surface area (Å²) in [6.07, 6.45) is 5.66. The molecule has 1 aliphatic heterocycles. The van der Waals surface area contributed by atoms with Crippen LogP contribution in [-0.4, -0.2) is 12.7 Å². The summed E-state index contributed by atoms with van der Waals surface area (Å²) in [5, 5.41) is 13.2. The van der Waals surface area contributed by atoms with E-state index in [1.54, 1.807) is 11.3 Å². The van der Waals surface area contributed by atoms with Crippen LogP contribution in [0, 0.1) is 11.3 Å². The number of rotatable bonds is 3. The van der Waals surface area contributed by atoms with E-state index in [1.807, 2.05) is 18.2 Å². The lowest BCUT2D eigenvalue weighted by Gasteiger charge is -2.05. The molecule has 4 rings (SSSR count). The van der Waals surface area contributed by atoms with Crippen LogP contribution < -0.4 is 14.8 Å². The van der Waals surface area contributed by atoms with Crippen LogP contribution in [0.1, 0.15) is 40.8 Å². The molecule has 1 amide bonds. The number of nitriles is 1. The summed E-state index contributed by atoms with van der Waals surface area (Å²) in [5.74, 6) is 1.26. The number of hydrogen-bond donors (Lipinski definition) is 1. The number of hydrogen-bond acceptors (Lipinski definition) is 5. The standard InChI is InChI=1S/C19H18N2O3S/c20-10-14-13-4-2-1-3-5-17(13)25-19(14)21-18(22)9-12-6-7-15-16(8-12)24-11-23-15/h6-8H,1-5,9,11H2,(H,21,22). The molecule has 0 radical (unpaired) electrons. The van der Waals surface area contributed by atoms with Gasteiger partial charge in [-0.2, -0.15) is 5.26 Å². The lowest BCUT2D eigenvalue weighted by molar-refractivity contribution is -0.115. The van der Waals surface area contributed by atoms with Crippen molar-refractivity contribution in [3.8, 4) is 17.6 Å². The third-order valence-corrected chi connectivity index (χ3v) is 5.79. The average molecular weight is 354 g/mol. The molecule has 2 aromatic rings. The van der Waals surface area contributed by atoms with Gasteiger partial charge in [-0.3, -0.25) is 4.79 Å². The first-order valence-electron chi connectivity index (χ1n) is 8.47. The van der Waals surface area contributed by atoms with Gasteiger partial charge in [0.05, 0.1) is 12.0 Å². The van der Waals surface area contributed by atoms with Gasteiger partial charge in [-0.1, -0.05) is 12.5 Å². The second-order valence-electron chi connectivity index (χ2n) is 6.29. The zero-order chi connectivity index (χ0) is 17.2. The van der Waals surface area contributed by atoms with E-state index in [1.165, 1.54) is 11.3 Å². The minimum absolute atomic E-state index is 0.119. The molecule has 0 saturated carbocycles. The van der Waals surface area contributed by atoms with Crippen LogP contribution in [0.4, 0.5) is 5.00 Å². The van der Waals surface area contributed by atoms with E-state index in [0.717, 1.165) is 36.8 Å². The first-order chi connectivity index (χ1) is 12.2. The molecule has 2 heterocycles. The number of benzene rings is 1. The topological polar surface area (TPSA) is 71.4 Å². The Kier molecular flexibility index (Phi) is 4.33. The third kappa shape index (κ3) is 3.20. The molecule has 0 unspecified atom stereocenters. The predicted molar refractivity (Wildman–Crippen MR) is 95.2 cm³/mol. The Labute approximate surface area is 150 Å². The number of nitrogens with zero attached hydrogens (tertiary/aromatic N) is 1. The highest BCUT2D eigenvalue weighted by Gasteiger charge is 2.21. The zero-order valence-corrected chi connectivity index (χ0v) is 14.6. The van der Waals surface area contributed by atoms with Crippen LogP contribution in [0.3, 0.4) is 0 Å². The highest BCUT2D eigenvalue weighted by Crippen LogP contribution is 2.37. The first kappa shape index (κ1) is 16.0. The van der Waals surface area contributed by atoms with Crippen LogP contribution in [-0.2, 0) is 24.1 Å². The van der Waals surface area contributed by atoms with Crippen molar-refractivity contribution in [1.82, 2.24) is 0 Å². The highest BCUT2D eigenvalue weighted by atomic mass is 32.1. The summed E-state index contributed by atoms with van der Waals surface area (Å²) in [6.45, 7) is 0.220. The summed E-state index contributed by atoms with van der Waals surface area (Å²) in [5.41, 5.74) is 2.66. The quantitative estimate of drug-likeness (QED) is 0.851. The van der Waals surface area contributed by atoms with Gasteiger partial charge in [-0.25, -0.2) is 0 Å². The average Bonchev–Trinajstić information content (AvgIpc) is 3.11. The van der Waals surface area contributed by atoms with Gasteiger partial charge in [0, 0.05) is 4.88 Å². The number of carbonyl (C=O) groups is 1. The van der Waals surface area contributed by atoms with Crippen molar-refractivity contribution in [1.29, 1.82) is 5.26 Å². The van der Waals surface area contributed by atoms with Crippen LogP contribution in [0.2, 0.25) is 0 Å². The normalized spacial score (nSPS) is 15.2. The van der Waals surface area contributed by atoms with E-state index < -0.39 is 0 Å². The van der Waals surface area contributed by atoms with E-state index in [0.29, 0.717) is 22.1 Å². The van der Waals surface area contributed by atoms with Gasteiger partial charge in [0.1, 0.15) is 11.1 Å². The molecule has 1 aromatic carbocycles. The predicted octanol–water partition coefficient (Wildman–Crippen LogP) is 3.80. The maximum atomic E-state index is 12.4. The van der Waals surface area contributed by atoms with E-state index >= 15 is 0 Å². The molecule has 1 aliphatic carbocycles. The molecule has 0 saturated heterocycles. The van der Waals surface area contributed by atoms with Crippen LogP contribution in [0.15, 0.2) is 18.2 Å². The molecule has 5 nitrogen and oxygen atoms in total. The van der Waals surface area contributed by atoms with E-state index in [9.17, 15) is 10.1 Å². The molecule has 0 fully saturated rings. The number of anilines is 1. The zero-order valence-electron chi connectivity index (χ0n) is 13.8. The number of carbonyl (C=O) groups excluding carboxylic acids is 1. The van der Waals surface area contributed by atoms with Crippen molar-refractivity contribution in [2.45, 2.75) is 38.5 Å². The second kappa shape index (κ2) is 6.77. The van der Waals surface area contributed by atoms with Crippen LogP contribution in [0.5, 0.6) is 11.5 Å². The number of ether oxygens (including phenoxy) is 2. The summed E-state index contributed by atoms with van der Waals surface area (Å²) < 4.78 is 10.6. The molecular formula is C19H18N2O3S. The van der Waals surface area contributed by atoms with Gasteiger partial charge < -0.3 is 14.8 Å². The molecule has 25 heavy (non-hydrogen) atoms. The lowest BCUT2D eigenvalue weighted by atomic mass is 10.1. The number of nitrogens with one attached hydrogen (secondary N) is 1. The summed E-state index contributed by atoms with van der Waals surface area (Å²) in [6, 6.07) is 7.81. The molecule has 0 spiro atoms. The van der Waals surface area contributed by atoms with Crippen molar-refractivity contribution in [2.24, 2.45) is 0 Å². The van der Waals surface area contributed by atoms with Crippen LogP contribution >= 0.6 is 11.3 Å². The maximum absolute atomic E-state index is 12.4. The van der Waals surface area contributed by atoms with E-state index in [4.69, 9.17) is 9.47 Å². The lowest BCUT2D eigenvalue weighted by Crippen LogP contribution is -2.14. The number of thiophene rings is 1. The van der Waals surface area contributed by atoms with E-state index in [-0.39, 0.29) is 19.1 Å². The van der Waals surface area contributed by atoms with Gasteiger partial charge in [-0.15, -0.1) is 11.3 Å². The van der Waals surface area contributed by atoms with Gasteiger partial charge in [0.25, 0.3) is 0 Å². The Balaban J connectivity index is 1.50. The van der Waals surface area contributed by atoms with Crippen molar-refractivity contribution >= 4 is 22.2 Å². The van der Waals surface area contributed by atoms with Gasteiger partial charge in [-0.05, 0) is 48.9 Å². The van der Waals surface area contributed by atoms with Crippen molar-refractivity contribution in [2.75, 3.05) is 12.1 Å². The van der Waals surface area contributed by atoms with Gasteiger partial charge >= 0.3 is 0 Å². The molecule has 0 bridgehead atoms. The molecule has 128 valence electrons. The number of aryl methyl sites for hydroxylation is 1. The van der Waals surface area contributed by atoms with Crippen LogP contribution in [0.25, 0.3) is 0 Å². The first-order valence-corrected chi connectivity index (χ1v) is 9.29. The Hall–Kier alpha value is -2.52. The summed E-state index contributed by atoms with van der Waals surface area (Å²) in [7, 11) is 0. The van der Waals surface area contributed by atoms with Gasteiger partial charge in [0.15, 0.2) is 11.5 Å². The smallest absolute Gasteiger partial charge is 0.231 e. The van der Waals surface area contributed by atoms with E-state index in [2.05, 4.69) is 11.4 Å². The minimum Gasteiger partial charge on any atom is -0.454 e. The number of fused-ring (bicyclic) bond motifs is 2. The Morgan fingerprint density at radius 1 is 1.20 bits per heavy atom. The van der Waals surface area contributed by atoms with Gasteiger partial charge in [0.2, 0.25) is 12.7 Å². The minimum atomic E-state index is -0.119. The van der Waals surface area contributed by atoms with Crippen molar-refractivity contribution in [3.05, 3.63) is 39.8 Å². The fourth-order valence-corrected chi connectivity index (χ4v) is 4.61. The fraction of sp³-hybridized carbons (Fsp3) is 0.368. The molecule has 2 aliphatic rings. The maximum Gasteiger partial charge on any atom is 0.231 e. The third-order valence-electron chi connectivity index (χ3n) is 4.59. The Morgan fingerprint density at radius 2 is 2.04 bits per heavy atom. The molecule has 6 heteroatoms. The number of amides is 1. The fourth-order valence-electron chi connectivity index (χ4n) is 3.36. The van der Waals surface area contributed by atoms with Crippen molar-refractivity contribution in [3.63, 3.8) is 0 Å². The SMILES string of the molecule is N#Cc1c(NC(=O)Cc2ccc3c(c2)OCO3)sc2c1CCCCC2. The summed E-state index contributed by atoms with van der Waals surface area (Å²) in [4.78, 5) is 13.7. The highest BCUT2D eigenvalue weighted by molar-refractivity contribution is 7.16. The molecule has 1 aromatic heterocycles. The monoisotopic (exact) mass is 354 g/mol. The summed E-state index contributed by atoms with van der Waals surface area (Å²) >= 11 is 1.56. The Morgan fingerprint density at radius 3 is 2.92 bits per heavy atom.